The van der Waals surface area contributed by atoms with Crippen molar-refractivity contribution in [3.63, 3.8) is 0 Å². The molecule has 3 N–H and O–H groups in total. The lowest BCUT2D eigenvalue weighted by Crippen LogP contribution is -2.30. The zero-order valence-corrected chi connectivity index (χ0v) is 19.3. The first-order chi connectivity index (χ1) is 15.9. The monoisotopic (exact) mass is 515 g/mol. The van der Waals surface area contributed by atoms with Crippen LogP contribution >= 0.6 is 23.2 Å². The molecule has 1 heterocycles. The van der Waals surface area contributed by atoms with Gasteiger partial charge in [0.25, 0.3) is 11.5 Å². The number of carbonyl (C=O) groups excluding carboxylic acids is 1. The highest BCUT2D eigenvalue weighted by Gasteiger charge is 2.32. The average Bonchev–Trinajstić information content (AvgIpc) is 2.76. The molecular weight excluding hydrogens is 497 g/mol. The van der Waals surface area contributed by atoms with Gasteiger partial charge in [-0.1, -0.05) is 29.3 Å². The fourth-order valence-corrected chi connectivity index (χ4v) is 3.69. The number of nitrogens with zero attached hydrogens (tertiary/aromatic N) is 1. The summed E-state index contributed by atoms with van der Waals surface area (Å²) in [4.78, 5) is 25.2. The normalized spacial score (nSPS) is 11.5. The maximum absolute atomic E-state index is 13.9. The quantitative estimate of drug-likeness (QED) is 0.338. The topological polar surface area (TPSA) is 77.1 Å². The molecule has 0 saturated carbocycles. The fourth-order valence-electron chi connectivity index (χ4n) is 3.37. The van der Waals surface area contributed by atoms with Gasteiger partial charge in [0.2, 0.25) is 0 Å². The van der Waals surface area contributed by atoms with Gasteiger partial charge in [0.05, 0.1) is 26.9 Å². The van der Waals surface area contributed by atoms with E-state index in [2.05, 4.69) is 5.32 Å². The predicted octanol–water partition coefficient (Wildman–Crippen LogP) is 5.46. The minimum absolute atomic E-state index is 0.0924. The molecule has 1 aromatic heterocycles. The number of benzene rings is 2. The highest BCUT2D eigenvalue weighted by atomic mass is 35.5. The van der Waals surface area contributed by atoms with Crippen LogP contribution in [0, 0.1) is 5.82 Å². The van der Waals surface area contributed by atoms with Crippen molar-refractivity contribution < 1.29 is 22.4 Å². The second kappa shape index (κ2) is 10.1. The lowest BCUT2D eigenvalue weighted by atomic mass is 10.0. The second-order valence-corrected chi connectivity index (χ2v) is 8.37. The summed E-state index contributed by atoms with van der Waals surface area (Å²) in [6, 6.07) is 8.24. The fraction of sp³-hybridized carbons (Fsp3) is 0.217. The number of halogens is 6. The molecule has 0 saturated heterocycles. The highest BCUT2D eigenvalue weighted by molar-refractivity contribution is 6.42. The van der Waals surface area contributed by atoms with Crippen LogP contribution < -0.4 is 16.6 Å². The molecule has 3 aromatic rings. The minimum atomic E-state index is -4.79. The second-order valence-electron chi connectivity index (χ2n) is 7.56. The predicted molar refractivity (Wildman–Crippen MR) is 124 cm³/mol. The van der Waals surface area contributed by atoms with E-state index in [-0.39, 0.29) is 29.1 Å². The van der Waals surface area contributed by atoms with Crippen LogP contribution in [0.5, 0.6) is 0 Å². The summed E-state index contributed by atoms with van der Waals surface area (Å²) in [7, 11) is 1.27. The van der Waals surface area contributed by atoms with Crippen molar-refractivity contribution in [2.24, 2.45) is 7.05 Å². The summed E-state index contributed by atoms with van der Waals surface area (Å²) in [5.41, 5.74) is 3.80. The Labute approximate surface area is 202 Å². The van der Waals surface area contributed by atoms with E-state index in [1.807, 2.05) is 0 Å². The molecule has 5 nitrogen and oxygen atoms in total. The zero-order valence-electron chi connectivity index (χ0n) is 17.8. The van der Waals surface area contributed by atoms with Crippen LogP contribution in [0.4, 0.5) is 23.2 Å². The number of nitrogens with one attached hydrogen (secondary N) is 1. The summed E-state index contributed by atoms with van der Waals surface area (Å²) in [6.07, 6.45) is -3.68. The van der Waals surface area contributed by atoms with Crippen molar-refractivity contribution in [1.29, 1.82) is 0 Å². The summed E-state index contributed by atoms with van der Waals surface area (Å²) in [6.45, 7) is 0.223. The van der Waals surface area contributed by atoms with E-state index in [0.29, 0.717) is 35.0 Å². The molecule has 1 amide bonds. The minimum Gasteiger partial charge on any atom is -0.394 e. The van der Waals surface area contributed by atoms with Gasteiger partial charge in [0.15, 0.2) is 0 Å². The lowest BCUT2D eigenvalue weighted by Gasteiger charge is -2.15. The molecule has 0 radical (unpaired) electrons. The molecule has 0 spiro atoms. The van der Waals surface area contributed by atoms with E-state index in [1.165, 1.54) is 13.1 Å². The molecule has 0 unspecified atom stereocenters. The number of nitrogens with two attached hydrogens (primary N) is 1. The SMILES string of the molecule is Cn1c(-c2cc(F)cc(C(F)(F)F)c2)cc(C(=O)NCCCc2ccc(Cl)c(Cl)c2)c(N)c1=O. The van der Waals surface area contributed by atoms with Crippen molar-refractivity contribution in [2.75, 3.05) is 12.3 Å². The maximum Gasteiger partial charge on any atom is 0.416 e. The third-order valence-electron chi connectivity index (χ3n) is 5.14. The molecule has 34 heavy (non-hydrogen) atoms. The summed E-state index contributed by atoms with van der Waals surface area (Å²) in [5, 5.41) is 3.47. The summed E-state index contributed by atoms with van der Waals surface area (Å²) in [5.74, 6) is -1.82. The number of carbonyl (C=O) groups is 1. The van der Waals surface area contributed by atoms with E-state index < -0.39 is 29.0 Å². The molecule has 180 valence electrons. The van der Waals surface area contributed by atoms with Gasteiger partial charge >= 0.3 is 6.18 Å². The van der Waals surface area contributed by atoms with Crippen molar-refractivity contribution in [2.45, 2.75) is 19.0 Å². The first-order valence-corrected chi connectivity index (χ1v) is 10.7. The molecule has 11 heteroatoms. The number of nitrogen functional groups attached to an aromatic ring is 1. The smallest absolute Gasteiger partial charge is 0.394 e. The maximum atomic E-state index is 13.9. The van der Waals surface area contributed by atoms with Crippen LogP contribution in [0.15, 0.2) is 47.3 Å². The van der Waals surface area contributed by atoms with Crippen LogP contribution in [0.25, 0.3) is 11.3 Å². The van der Waals surface area contributed by atoms with Crippen LogP contribution in [0.2, 0.25) is 10.0 Å². The Balaban J connectivity index is 1.83. The van der Waals surface area contributed by atoms with Gasteiger partial charge in [-0.2, -0.15) is 13.2 Å². The number of pyridine rings is 1. The Morgan fingerprint density at radius 3 is 2.44 bits per heavy atom. The molecule has 0 atom stereocenters. The Hall–Kier alpha value is -3.04. The van der Waals surface area contributed by atoms with Gasteiger partial charge in [0.1, 0.15) is 11.5 Å². The first kappa shape index (κ1) is 25.6. The number of aryl methyl sites for hydroxylation is 1. The highest BCUT2D eigenvalue weighted by Crippen LogP contribution is 2.33. The number of hydrogen-bond donors (Lipinski definition) is 2. The number of anilines is 1. The third-order valence-corrected chi connectivity index (χ3v) is 5.88. The molecule has 0 bridgehead atoms. The zero-order chi connectivity index (χ0) is 25.2. The first-order valence-electron chi connectivity index (χ1n) is 9.98. The van der Waals surface area contributed by atoms with Crippen molar-refractivity contribution in [1.82, 2.24) is 9.88 Å². The Morgan fingerprint density at radius 1 is 1.09 bits per heavy atom. The molecule has 0 aliphatic rings. The van der Waals surface area contributed by atoms with Crippen LogP contribution in [-0.2, 0) is 19.6 Å². The van der Waals surface area contributed by atoms with E-state index in [0.717, 1.165) is 16.2 Å². The van der Waals surface area contributed by atoms with E-state index >= 15 is 0 Å². The van der Waals surface area contributed by atoms with Crippen LogP contribution in [-0.4, -0.2) is 17.0 Å². The van der Waals surface area contributed by atoms with Gasteiger partial charge in [-0.15, -0.1) is 0 Å². The number of hydrogen-bond acceptors (Lipinski definition) is 3. The van der Waals surface area contributed by atoms with E-state index in [4.69, 9.17) is 28.9 Å². The van der Waals surface area contributed by atoms with E-state index in [1.54, 1.807) is 18.2 Å². The van der Waals surface area contributed by atoms with Crippen LogP contribution in [0.3, 0.4) is 0 Å². The molecule has 0 aliphatic heterocycles. The Bertz CT molecular complexity index is 1310. The van der Waals surface area contributed by atoms with Gasteiger partial charge in [-0.05, 0) is 54.8 Å². The van der Waals surface area contributed by atoms with E-state index in [9.17, 15) is 27.2 Å². The number of alkyl halides is 3. The molecule has 2 aromatic carbocycles. The summed E-state index contributed by atoms with van der Waals surface area (Å²) >= 11 is 11.9. The number of aromatic nitrogens is 1. The Kier molecular flexibility index (Phi) is 7.57. The van der Waals surface area contributed by atoms with Crippen molar-refractivity contribution in [3.8, 4) is 11.3 Å². The molecular formula is C23H19Cl2F4N3O2. The summed E-state index contributed by atoms with van der Waals surface area (Å²) < 4.78 is 54.2. The number of amides is 1. The van der Waals surface area contributed by atoms with Crippen molar-refractivity contribution >= 4 is 34.8 Å². The molecule has 0 fully saturated rings. The van der Waals surface area contributed by atoms with Crippen LogP contribution in [0.1, 0.15) is 27.9 Å². The molecule has 3 rings (SSSR count). The average molecular weight is 516 g/mol. The lowest BCUT2D eigenvalue weighted by molar-refractivity contribution is -0.137. The Morgan fingerprint density at radius 2 is 1.79 bits per heavy atom. The number of rotatable bonds is 6. The van der Waals surface area contributed by atoms with Gasteiger partial charge in [0, 0.05) is 19.2 Å². The standard InChI is InChI=1S/C23H19Cl2F4N3O2/c1-32-19(13-8-14(23(27,28)29)10-15(26)9-13)11-16(20(30)22(32)34)21(33)31-6-2-3-12-4-5-17(24)18(25)7-12/h4-5,7-11H,2-3,6,30H2,1H3,(H,31,33). The van der Waals surface area contributed by atoms with Gasteiger partial charge < -0.3 is 15.6 Å². The largest absolute Gasteiger partial charge is 0.416 e. The molecule has 0 aliphatic carbocycles. The van der Waals surface area contributed by atoms with Crippen molar-refractivity contribution in [3.05, 3.63) is 85.4 Å². The van der Waals surface area contributed by atoms with Gasteiger partial charge in [-0.3, -0.25) is 9.59 Å². The third kappa shape index (κ3) is 5.71. The van der Waals surface area contributed by atoms with Gasteiger partial charge in [-0.25, -0.2) is 4.39 Å².